The van der Waals surface area contributed by atoms with Gasteiger partial charge in [-0.15, -0.1) is 11.6 Å². The number of hydrogen-bond donors (Lipinski definition) is 1. The third kappa shape index (κ3) is 2.57. The van der Waals surface area contributed by atoms with Crippen LogP contribution in [0.3, 0.4) is 0 Å². The Labute approximate surface area is 109 Å². The van der Waals surface area contributed by atoms with Gasteiger partial charge in [0.05, 0.1) is 24.8 Å². The van der Waals surface area contributed by atoms with Crippen molar-refractivity contribution >= 4 is 17.5 Å². The van der Waals surface area contributed by atoms with Crippen LogP contribution in [0.1, 0.15) is 10.4 Å². The van der Waals surface area contributed by atoms with Crippen molar-refractivity contribution in [3.05, 3.63) is 29.6 Å². The maximum Gasteiger partial charge on any atom is 0.257 e. The van der Waals surface area contributed by atoms with E-state index in [2.05, 4.69) is 0 Å². The molecule has 1 aromatic rings. The Bertz CT molecular complexity index is 455. The molecule has 18 heavy (non-hydrogen) atoms. The van der Waals surface area contributed by atoms with E-state index in [0.29, 0.717) is 19.8 Å². The van der Waals surface area contributed by atoms with Crippen molar-refractivity contribution in [2.45, 2.75) is 6.04 Å². The van der Waals surface area contributed by atoms with E-state index in [0.717, 1.165) is 6.07 Å². The largest absolute Gasteiger partial charge is 0.508 e. The first-order valence-electron chi connectivity index (χ1n) is 5.56. The first-order chi connectivity index (χ1) is 8.63. The lowest BCUT2D eigenvalue weighted by atomic mass is 10.1. The van der Waals surface area contributed by atoms with Gasteiger partial charge >= 0.3 is 0 Å². The van der Waals surface area contributed by atoms with E-state index in [1.165, 1.54) is 17.0 Å². The number of phenols is 1. The van der Waals surface area contributed by atoms with Crippen LogP contribution < -0.4 is 0 Å². The van der Waals surface area contributed by atoms with Crippen molar-refractivity contribution in [3.8, 4) is 5.75 Å². The summed E-state index contributed by atoms with van der Waals surface area (Å²) in [6.45, 7) is 1.16. The topological polar surface area (TPSA) is 49.8 Å². The molecule has 1 heterocycles. The molecule has 1 N–H and O–H groups in total. The second-order valence-electron chi connectivity index (χ2n) is 4.05. The van der Waals surface area contributed by atoms with Gasteiger partial charge in [0.1, 0.15) is 11.6 Å². The average molecular weight is 274 g/mol. The van der Waals surface area contributed by atoms with E-state index in [1.807, 2.05) is 0 Å². The summed E-state index contributed by atoms with van der Waals surface area (Å²) in [6, 6.07) is 3.23. The number of hydrogen-bond acceptors (Lipinski definition) is 3. The summed E-state index contributed by atoms with van der Waals surface area (Å²) in [6.07, 6.45) is 0. The quantitative estimate of drug-likeness (QED) is 0.833. The number of alkyl halides is 1. The van der Waals surface area contributed by atoms with E-state index in [1.54, 1.807) is 0 Å². The summed E-state index contributed by atoms with van der Waals surface area (Å²) in [5.74, 6) is -1.13. The molecule has 0 saturated carbocycles. The number of aromatic hydroxyl groups is 1. The number of phenolic OH excluding ortho intramolecular Hbond substituents is 1. The van der Waals surface area contributed by atoms with Crippen LogP contribution in [0.25, 0.3) is 0 Å². The van der Waals surface area contributed by atoms with Gasteiger partial charge in [0.25, 0.3) is 5.91 Å². The minimum absolute atomic E-state index is 0.0650. The van der Waals surface area contributed by atoms with Crippen LogP contribution in [0.2, 0.25) is 0 Å². The molecule has 0 spiro atoms. The smallest absolute Gasteiger partial charge is 0.257 e. The minimum atomic E-state index is -0.736. The van der Waals surface area contributed by atoms with Crippen molar-refractivity contribution in [2.75, 3.05) is 25.6 Å². The first-order valence-corrected chi connectivity index (χ1v) is 6.10. The van der Waals surface area contributed by atoms with E-state index in [-0.39, 0.29) is 23.2 Å². The number of morpholine rings is 1. The van der Waals surface area contributed by atoms with E-state index in [9.17, 15) is 9.18 Å². The molecular weight excluding hydrogens is 261 g/mol. The molecule has 1 atom stereocenters. The van der Waals surface area contributed by atoms with Crippen molar-refractivity contribution in [3.63, 3.8) is 0 Å². The van der Waals surface area contributed by atoms with E-state index < -0.39 is 11.7 Å². The Morgan fingerprint density at radius 3 is 3.06 bits per heavy atom. The summed E-state index contributed by atoms with van der Waals surface area (Å²) < 4.78 is 18.8. The number of carbonyl (C=O) groups is 1. The number of rotatable bonds is 2. The van der Waals surface area contributed by atoms with Crippen LogP contribution >= 0.6 is 11.6 Å². The van der Waals surface area contributed by atoms with Crippen molar-refractivity contribution in [1.82, 2.24) is 4.90 Å². The molecule has 1 aliphatic rings. The van der Waals surface area contributed by atoms with Crippen molar-refractivity contribution < 1.29 is 19.0 Å². The van der Waals surface area contributed by atoms with Gasteiger partial charge < -0.3 is 14.7 Å². The number of amides is 1. The average Bonchev–Trinajstić information content (AvgIpc) is 2.38. The highest BCUT2D eigenvalue weighted by atomic mass is 35.5. The maximum atomic E-state index is 13.6. The molecule has 1 aliphatic heterocycles. The fraction of sp³-hybridized carbons (Fsp3) is 0.417. The van der Waals surface area contributed by atoms with Crippen molar-refractivity contribution in [1.29, 1.82) is 0 Å². The Balaban J connectivity index is 2.24. The first kappa shape index (κ1) is 13.1. The van der Waals surface area contributed by atoms with Gasteiger partial charge in [-0.2, -0.15) is 0 Å². The lowest BCUT2D eigenvalue weighted by molar-refractivity contribution is 0.00431. The number of benzene rings is 1. The summed E-state index contributed by atoms with van der Waals surface area (Å²) in [5.41, 5.74) is -0.0650. The Hall–Kier alpha value is -1.33. The van der Waals surface area contributed by atoms with E-state index >= 15 is 0 Å². The van der Waals surface area contributed by atoms with Gasteiger partial charge in [-0.25, -0.2) is 4.39 Å². The molecule has 6 heteroatoms. The lowest BCUT2D eigenvalue weighted by Crippen LogP contribution is -2.49. The second kappa shape index (κ2) is 5.54. The SMILES string of the molecule is O=C(c1ccc(O)cc1F)N1CCOCC1CCl. The maximum absolute atomic E-state index is 13.6. The Morgan fingerprint density at radius 1 is 1.61 bits per heavy atom. The number of halogens is 2. The minimum Gasteiger partial charge on any atom is -0.508 e. The van der Waals surface area contributed by atoms with E-state index in [4.69, 9.17) is 21.4 Å². The van der Waals surface area contributed by atoms with Crippen LogP contribution in [0.5, 0.6) is 5.75 Å². The highest BCUT2D eigenvalue weighted by Crippen LogP contribution is 2.19. The molecule has 1 amide bonds. The highest BCUT2D eigenvalue weighted by Gasteiger charge is 2.28. The molecule has 0 aromatic heterocycles. The molecule has 0 radical (unpaired) electrons. The van der Waals surface area contributed by atoms with Crippen LogP contribution in [0, 0.1) is 5.82 Å². The molecule has 0 bridgehead atoms. The van der Waals surface area contributed by atoms with Crippen LogP contribution in [-0.4, -0.2) is 47.6 Å². The van der Waals surface area contributed by atoms with Gasteiger partial charge in [-0.3, -0.25) is 4.79 Å². The zero-order chi connectivity index (χ0) is 13.1. The van der Waals surface area contributed by atoms with Gasteiger partial charge in [0, 0.05) is 18.5 Å². The van der Waals surface area contributed by atoms with Crippen LogP contribution in [-0.2, 0) is 4.74 Å². The lowest BCUT2D eigenvalue weighted by Gasteiger charge is -2.34. The summed E-state index contributed by atoms with van der Waals surface area (Å²) in [5, 5.41) is 9.12. The number of nitrogens with zero attached hydrogens (tertiary/aromatic N) is 1. The van der Waals surface area contributed by atoms with Crippen molar-refractivity contribution in [2.24, 2.45) is 0 Å². The molecule has 98 valence electrons. The predicted molar refractivity (Wildman–Crippen MR) is 64.4 cm³/mol. The molecule has 1 saturated heterocycles. The molecule has 1 aromatic carbocycles. The fourth-order valence-electron chi connectivity index (χ4n) is 1.88. The standard InChI is InChI=1S/C12H13ClFNO3/c13-6-8-7-18-4-3-15(8)12(17)10-2-1-9(16)5-11(10)14/h1-2,5,8,16H,3-4,6-7H2. The van der Waals surface area contributed by atoms with Gasteiger partial charge in [0.15, 0.2) is 0 Å². The zero-order valence-corrected chi connectivity index (χ0v) is 10.4. The number of ether oxygens (including phenoxy) is 1. The third-order valence-corrected chi connectivity index (χ3v) is 3.21. The molecule has 0 aliphatic carbocycles. The molecular formula is C12H13ClFNO3. The monoisotopic (exact) mass is 273 g/mol. The van der Waals surface area contributed by atoms with Crippen LogP contribution in [0.4, 0.5) is 4.39 Å². The summed E-state index contributed by atoms with van der Waals surface area (Å²) in [4.78, 5) is 13.7. The third-order valence-electron chi connectivity index (χ3n) is 2.85. The highest BCUT2D eigenvalue weighted by molar-refractivity contribution is 6.18. The fourth-order valence-corrected chi connectivity index (χ4v) is 2.14. The van der Waals surface area contributed by atoms with Gasteiger partial charge in [0.2, 0.25) is 0 Å². The molecule has 1 fully saturated rings. The zero-order valence-electron chi connectivity index (χ0n) is 9.60. The normalized spacial score (nSPS) is 19.9. The molecule has 1 unspecified atom stereocenters. The number of carbonyl (C=O) groups excluding carboxylic acids is 1. The Morgan fingerprint density at radius 2 is 2.39 bits per heavy atom. The molecule has 2 rings (SSSR count). The Kier molecular flexibility index (Phi) is 4.04. The summed E-state index contributed by atoms with van der Waals surface area (Å²) >= 11 is 5.76. The molecule has 4 nitrogen and oxygen atoms in total. The van der Waals surface area contributed by atoms with Gasteiger partial charge in [-0.05, 0) is 12.1 Å². The van der Waals surface area contributed by atoms with Gasteiger partial charge in [-0.1, -0.05) is 0 Å². The summed E-state index contributed by atoms with van der Waals surface area (Å²) in [7, 11) is 0. The predicted octanol–water partition coefficient (Wildman–Crippen LogP) is 1.61. The van der Waals surface area contributed by atoms with Crippen LogP contribution in [0.15, 0.2) is 18.2 Å². The second-order valence-corrected chi connectivity index (χ2v) is 4.35.